The van der Waals surface area contributed by atoms with E-state index in [1.165, 1.54) is 5.69 Å². The maximum absolute atomic E-state index is 12.3. The summed E-state index contributed by atoms with van der Waals surface area (Å²) in [6.45, 7) is 3.98. The number of hydrogen-bond donors (Lipinski definition) is 0. The normalized spacial score (nSPS) is 23.1. The second kappa shape index (κ2) is 6.02. The van der Waals surface area contributed by atoms with Crippen molar-refractivity contribution in [1.29, 1.82) is 0 Å². The predicted molar refractivity (Wildman–Crippen MR) is 79.2 cm³/mol. The number of ether oxygens (including phenoxy) is 1. The molecule has 0 spiro atoms. The van der Waals surface area contributed by atoms with Crippen molar-refractivity contribution in [3.63, 3.8) is 0 Å². The van der Waals surface area contributed by atoms with E-state index < -0.39 is 0 Å². The number of rotatable bonds is 2. The highest BCUT2D eigenvalue weighted by molar-refractivity contribution is 6.30. The summed E-state index contributed by atoms with van der Waals surface area (Å²) in [5.41, 5.74) is 1.17. The van der Waals surface area contributed by atoms with Crippen LogP contribution in [0.1, 0.15) is 12.8 Å². The molecule has 2 fully saturated rings. The minimum absolute atomic E-state index is 0.165. The van der Waals surface area contributed by atoms with E-state index in [4.69, 9.17) is 16.3 Å². The zero-order valence-corrected chi connectivity index (χ0v) is 12.2. The molecular weight excluding hydrogens is 276 g/mol. The van der Waals surface area contributed by atoms with Crippen molar-refractivity contribution < 1.29 is 9.53 Å². The number of amides is 1. The first-order valence-electron chi connectivity index (χ1n) is 7.15. The zero-order chi connectivity index (χ0) is 13.9. The fourth-order valence-electron chi connectivity index (χ4n) is 2.81. The maximum atomic E-state index is 12.3. The second-order valence-electron chi connectivity index (χ2n) is 5.29. The lowest BCUT2D eigenvalue weighted by atomic mass is 10.2. The number of halogens is 1. The van der Waals surface area contributed by atoms with E-state index >= 15 is 0 Å². The van der Waals surface area contributed by atoms with Crippen molar-refractivity contribution in [3.05, 3.63) is 29.3 Å². The highest BCUT2D eigenvalue weighted by Crippen LogP contribution is 2.21. The summed E-state index contributed by atoms with van der Waals surface area (Å²) in [7, 11) is 0. The van der Waals surface area contributed by atoms with Gasteiger partial charge >= 0.3 is 0 Å². The standard InChI is InChI=1S/C15H19ClN2O2/c16-12-3-5-13(6-4-12)17-7-9-18(10-8-17)15(19)14-2-1-11-20-14/h3-6,14H,1-2,7-11H2. The molecule has 0 bridgehead atoms. The molecule has 2 aliphatic rings. The van der Waals surface area contributed by atoms with Crippen LogP contribution in [0.4, 0.5) is 5.69 Å². The summed E-state index contributed by atoms with van der Waals surface area (Å²) in [5, 5.41) is 0.751. The average Bonchev–Trinajstić information content (AvgIpc) is 3.02. The van der Waals surface area contributed by atoms with Gasteiger partial charge in [0.25, 0.3) is 5.91 Å². The summed E-state index contributed by atoms with van der Waals surface area (Å²) in [6, 6.07) is 7.86. The van der Waals surface area contributed by atoms with Crippen LogP contribution in [0.25, 0.3) is 0 Å². The van der Waals surface area contributed by atoms with E-state index in [1.54, 1.807) is 0 Å². The monoisotopic (exact) mass is 294 g/mol. The Morgan fingerprint density at radius 2 is 1.85 bits per heavy atom. The zero-order valence-electron chi connectivity index (χ0n) is 11.4. The quantitative estimate of drug-likeness (QED) is 0.838. The van der Waals surface area contributed by atoms with Crippen molar-refractivity contribution >= 4 is 23.2 Å². The smallest absolute Gasteiger partial charge is 0.251 e. The van der Waals surface area contributed by atoms with Gasteiger partial charge < -0.3 is 14.5 Å². The van der Waals surface area contributed by atoms with Crippen LogP contribution in [0.15, 0.2) is 24.3 Å². The van der Waals surface area contributed by atoms with Gasteiger partial charge in [-0.05, 0) is 37.1 Å². The molecule has 0 radical (unpaired) electrons. The number of hydrogen-bond acceptors (Lipinski definition) is 3. The lowest BCUT2D eigenvalue weighted by molar-refractivity contribution is -0.141. The molecule has 1 aromatic carbocycles. The lowest BCUT2D eigenvalue weighted by Crippen LogP contribution is -2.51. The van der Waals surface area contributed by atoms with Gasteiger partial charge in [-0.3, -0.25) is 4.79 Å². The molecule has 5 heteroatoms. The molecular formula is C15H19ClN2O2. The summed E-state index contributed by atoms with van der Waals surface area (Å²) in [4.78, 5) is 16.5. The summed E-state index contributed by atoms with van der Waals surface area (Å²) < 4.78 is 5.47. The van der Waals surface area contributed by atoms with E-state index in [9.17, 15) is 4.79 Å². The summed E-state index contributed by atoms with van der Waals surface area (Å²) in [5.74, 6) is 0.165. The Morgan fingerprint density at radius 3 is 2.45 bits per heavy atom. The first kappa shape index (κ1) is 13.7. The molecule has 2 heterocycles. The van der Waals surface area contributed by atoms with E-state index in [2.05, 4.69) is 4.90 Å². The molecule has 2 aliphatic heterocycles. The molecule has 0 N–H and O–H groups in total. The number of benzene rings is 1. The van der Waals surface area contributed by atoms with E-state index in [0.29, 0.717) is 0 Å². The maximum Gasteiger partial charge on any atom is 0.251 e. The number of anilines is 1. The number of piperazine rings is 1. The number of carbonyl (C=O) groups excluding carboxylic acids is 1. The van der Waals surface area contributed by atoms with Gasteiger partial charge in [-0.1, -0.05) is 11.6 Å². The molecule has 0 aromatic heterocycles. The van der Waals surface area contributed by atoms with Crippen LogP contribution in [0.2, 0.25) is 5.02 Å². The van der Waals surface area contributed by atoms with Crippen molar-refractivity contribution in [2.24, 2.45) is 0 Å². The van der Waals surface area contributed by atoms with Crippen LogP contribution in [0, 0.1) is 0 Å². The highest BCUT2D eigenvalue weighted by Gasteiger charge is 2.30. The minimum Gasteiger partial charge on any atom is -0.368 e. The number of carbonyl (C=O) groups is 1. The predicted octanol–water partition coefficient (Wildman–Crippen LogP) is 2.17. The largest absolute Gasteiger partial charge is 0.368 e. The number of nitrogens with zero attached hydrogens (tertiary/aromatic N) is 2. The van der Waals surface area contributed by atoms with Gasteiger partial charge in [0.1, 0.15) is 6.10 Å². The first-order valence-corrected chi connectivity index (χ1v) is 7.53. The van der Waals surface area contributed by atoms with Gasteiger partial charge in [0.05, 0.1) is 0 Å². The van der Waals surface area contributed by atoms with Crippen LogP contribution in [0.5, 0.6) is 0 Å². The molecule has 108 valence electrons. The van der Waals surface area contributed by atoms with Crippen molar-refractivity contribution in [3.8, 4) is 0 Å². The molecule has 0 aliphatic carbocycles. The molecule has 20 heavy (non-hydrogen) atoms. The first-order chi connectivity index (χ1) is 9.74. The third-order valence-electron chi connectivity index (χ3n) is 3.99. The molecule has 4 nitrogen and oxygen atoms in total. The molecule has 3 rings (SSSR count). The molecule has 1 aromatic rings. The van der Waals surface area contributed by atoms with Crippen LogP contribution < -0.4 is 4.90 Å². The molecule has 1 amide bonds. The third-order valence-corrected chi connectivity index (χ3v) is 4.24. The van der Waals surface area contributed by atoms with Crippen LogP contribution in [-0.4, -0.2) is 49.7 Å². The van der Waals surface area contributed by atoms with E-state index in [1.807, 2.05) is 29.2 Å². The average molecular weight is 295 g/mol. The van der Waals surface area contributed by atoms with Gasteiger partial charge in [0, 0.05) is 43.5 Å². The van der Waals surface area contributed by atoms with Gasteiger partial charge in [-0.2, -0.15) is 0 Å². The van der Waals surface area contributed by atoms with E-state index in [0.717, 1.165) is 50.7 Å². The van der Waals surface area contributed by atoms with E-state index in [-0.39, 0.29) is 12.0 Å². The fourth-order valence-corrected chi connectivity index (χ4v) is 2.94. The molecule has 0 saturated carbocycles. The topological polar surface area (TPSA) is 32.8 Å². The van der Waals surface area contributed by atoms with Crippen LogP contribution in [-0.2, 0) is 9.53 Å². The molecule has 1 unspecified atom stereocenters. The summed E-state index contributed by atoms with van der Waals surface area (Å²) >= 11 is 5.90. The Balaban J connectivity index is 1.56. The third kappa shape index (κ3) is 2.91. The lowest BCUT2D eigenvalue weighted by Gasteiger charge is -2.37. The molecule has 2 saturated heterocycles. The fraction of sp³-hybridized carbons (Fsp3) is 0.533. The second-order valence-corrected chi connectivity index (χ2v) is 5.73. The SMILES string of the molecule is O=C(C1CCCO1)N1CCN(c2ccc(Cl)cc2)CC1. The van der Waals surface area contributed by atoms with Gasteiger partial charge in [-0.25, -0.2) is 0 Å². The Labute approximate surface area is 124 Å². The summed E-state index contributed by atoms with van der Waals surface area (Å²) in [6.07, 6.45) is 1.68. The van der Waals surface area contributed by atoms with Crippen molar-refractivity contribution in [2.75, 3.05) is 37.7 Å². The van der Waals surface area contributed by atoms with Gasteiger partial charge in [0.2, 0.25) is 0 Å². The van der Waals surface area contributed by atoms with Crippen LogP contribution in [0.3, 0.4) is 0 Å². The Bertz CT molecular complexity index is 463. The Kier molecular flexibility index (Phi) is 4.13. The van der Waals surface area contributed by atoms with Crippen LogP contribution >= 0.6 is 11.6 Å². The van der Waals surface area contributed by atoms with Gasteiger partial charge in [0.15, 0.2) is 0 Å². The highest BCUT2D eigenvalue weighted by atomic mass is 35.5. The van der Waals surface area contributed by atoms with Crippen molar-refractivity contribution in [2.45, 2.75) is 18.9 Å². The molecule has 1 atom stereocenters. The Morgan fingerprint density at radius 1 is 1.15 bits per heavy atom. The minimum atomic E-state index is -0.197. The van der Waals surface area contributed by atoms with Crippen molar-refractivity contribution in [1.82, 2.24) is 4.90 Å². The Hall–Kier alpha value is -1.26. The van der Waals surface area contributed by atoms with Gasteiger partial charge in [-0.15, -0.1) is 0 Å².